The van der Waals surface area contributed by atoms with Gasteiger partial charge in [0.1, 0.15) is 5.54 Å². The van der Waals surface area contributed by atoms with Crippen molar-refractivity contribution in [2.24, 2.45) is 0 Å². The molecule has 0 bridgehead atoms. The lowest BCUT2D eigenvalue weighted by molar-refractivity contribution is -0.120. The summed E-state index contributed by atoms with van der Waals surface area (Å²) in [5.41, 5.74) is -0.490. The van der Waals surface area contributed by atoms with Crippen molar-refractivity contribution < 1.29 is 9.32 Å². The lowest BCUT2D eigenvalue weighted by atomic mass is 9.96. The van der Waals surface area contributed by atoms with Crippen LogP contribution in [0.25, 0.3) is 0 Å². The Morgan fingerprint density at radius 1 is 1.39 bits per heavy atom. The Labute approximate surface area is 144 Å². The monoisotopic (exact) mass is 351 g/mol. The minimum atomic E-state index is -0.490. The second-order valence-electron chi connectivity index (χ2n) is 5.69. The summed E-state index contributed by atoms with van der Waals surface area (Å²) in [6, 6.07) is 7.52. The van der Waals surface area contributed by atoms with Crippen LogP contribution in [0.2, 0.25) is 5.02 Å². The molecule has 1 amide bonds. The van der Waals surface area contributed by atoms with Gasteiger partial charge in [0.25, 0.3) is 0 Å². The maximum Gasteiger partial charge on any atom is 0.231 e. The molecule has 7 heteroatoms. The van der Waals surface area contributed by atoms with Gasteiger partial charge in [0.15, 0.2) is 5.82 Å². The normalized spacial score (nSPS) is 16.4. The molecule has 1 aromatic carbocycles. The third-order valence-corrected chi connectivity index (χ3v) is 5.50. The lowest BCUT2D eigenvalue weighted by Crippen LogP contribution is -2.45. The minimum Gasteiger partial charge on any atom is -0.342 e. The molecule has 3 rings (SSSR count). The first kappa shape index (κ1) is 16.3. The van der Waals surface area contributed by atoms with E-state index in [2.05, 4.69) is 15.5 Å². The standard InChI is InChI=1S/C16H18ClN3O2S/c1-11-18-15(20-22-11)16(8-4-5-9-16)19-14(21)10-23-13-7-3-2-6-12(13)17/h2-3,6-7H,4-5,8-10H2,1H3,(H,19,21). The van der Waals surface area contributed by atoms with Gasteiger partial charge in [0.05, 0.1) is 10.8 Å². The van der Waals surface area contributed by atoms with Crippen LogP contribution in [-0.4, -0.2) is 21.8 Å². The molecule has 1 aliphatic carbocycles. The largest absolute Gasteiger partial charge is 0.342 e. The molecule has 23 heavy (non-hydrogen) atoms. The fourth-order valence-corrected chi connectivity index (χ4v) is 3.92. The molecule has 1 heterocycles. The van der Waals surface area contributed by atoms with Gasteiger partial charge in [-0.25, -0.2) is 0 Å². The van der Waals surface area contributed by atoms with Crippen molar-refractivity contribution in [2.75, 3.05) is 5.75 Å². The molecule has 1 saturated carbocycles. The van der Waals surface area contributed by atoms with Crippen LogP contribution in [0.1, 0.15) is 37.4 Å². The van der Waals surface area contributed by atoms with Crippen molar-refractivity contribution in [3.05, 3.63) is 41.0 Å². The smallest absolute Gasteiger partial charge is 0.231 e. The van der Waals surface area contributed by atoms with Gasteiger partial charge in [0.2, 0.25) is 11.8 Å². The number of halogens is 1. The van der Waals surface area contributed by atoms with E-state index in [4.69, 9.17) is 16.1 Å². The Hall–Kier alpha value is -1.53. The molecular formula is C16H18ClN3O2S. The molecule has 0 aliphatic heterocycles. The number of carbonyl (C=O) groups excluding carboxylic acids is 1. The van der Waals surface area contributed by atoms with E-state index in [1.54, 1.807) is 6.92 Å². The summed E-state index contributed by atoms with van der Waals surface area (Å²) in [4.78, 5) is 17.6. The molecule has 1 aliphatic rings. The van der Waals surface area contributed by atoms with Gasteiger partial charge in [0, 0.05) is 11.8 Å². The van der Waals surface area contributed by atoms with Crippen LogP contribution in [0.3, 0.4) is 0 Å². The van der Waals surface area contributed by atoms with Gasteiger partial charge in [-0.1, -0.05) is 41.7 Å². The van der Waals surface area contributed by atoms with Crippen molar-refractivity contribution in [1.29, 1.82) is 0 Å². The molecule has 0 radical (unpaired) electrons. The number of carbonyl (C=O) groups is 1. The van der Waals surface area contributed by atoms with Gasteiger partial charge in [-0.2, -0.15) is 4.98 Å². The highest BCUT2D eigenvalue weighted by Gasteiger charge is 2.41. The number of nitrogens with zero attached hydrogens (tertiary/aromatic N) is 2. The van der Waals surface area contributed by atoms with Crippen LogP contribution in [0.4, 0.5) is 0 Å². The van der Waals surface area contributed by atoms with Gasteiger partial charge in [-0.05, 0) is 25.0 Å². The number of amides is 1. The van der Waals surface area contributed by atoms with Crippen molar-refractivity contribution in [1.82, 2.24) is 15.5 Å². The Balaban J connectivity index is 1.66. The zero-order chi connectivity index (χ0) is 16.3. The topological polar surface area (TPSA) is 68.0 Å². The van der Waals surface area contributed by atoms with Crippen molar-refractivity contribution in [3.8, 4) is 0 Å². The average molecular weight is 352 g/mol. The first-order valence-electron chi connectivity index (χ1n) is 7.58. The van der Waals surface area contributed by atoms with Gasteiger partial charge in [-0.3, -0.25) is 4.79 Å². The number of rotatable bonds is 5. The summed E-state index contributed by atoms with van der Waals surface area (Å²) >= 11 is 7.55. The van der Waals surface area contributed by atoms with E-state index >= 15 is 0 Å². The predicted molar refractivity (Wildman–Crippen MR) is 89.5 cm³/mol. The molecule has 0 saturated heterocycles. The first-order valence-corrected chi connectivity index (χ1v) is 8.94. The predicted octanol–water partition coefficient (Wildman–Crippen LogP) is 3.71. The first-order chi connectivity index (χ1) is 11.1. The molecule has 1 fully saturated rings. The lowest BCUT2D eigenvalue weighted by Gasteiger charge is -2.26. The number of thioether (sulfide) groups is 1. The van der Waals surface area contributed by atoms with Crippen LogP contribution in [0, 0.1) is 6.92 Å². The maximum atomic E-state index is 12.4. The van der Waals surface area contributed by atoms with E-state index in [-0.39, 0.29) is 5.91 Å². The molecule has 0 atom stereocenters. The van der Waals surface area contributed by atoms with E-state index < -0.39 is 5.54 Å². The molecular weight excluding hydrogens is 334 g/mol. The molecule has 122 valence electrons. The van der Waals surface area contributed by atoms with E-state index in [1.807, 2.05) is 24.3 Å². The molecule has 5 nitrogen and oxygen atoms in total. The Morgan fingerprint density at radius 2 is 2.13 bits per heavy atom. The Morgan fingerprint density at radius 3 is 2.78 bits per heavy atom. The van der Waals surface area contributed by atoms with Crippen molar-refractivity contribution in [3.63, 3.8) is 0 Å². The highest BCUT2D eigenvalue weighted by Crippen LogP contribution is 2.37. The van der Waals surface area contributed by atoms with E-state index in [0.717, 1.165) is 30.6 Å². The Kier molecular flexibility index (Phi) is 4.92. The SMILES string of the molecule is Cc1nc(C2(NC(=O)CSc3ccccc3Cl)CCCC2)no1. The molecule has 1 aromatic heterocycles. The second-order valence-corrected chi connectivity index (χ2v) is 7.12. The molecule has 2 aromatic rings. The summed E-state index contributed by atoms with van der Waals surface area (Å²) in [7, 11) is 0. The zero-order valence-electron chi connectivity index (χ0n) is 12.8. The molecule has 1 N–H and O–H groups in total. The van der Waals surface area contributed by atoms with Gasteiger partial charge >= 0.3 is 0 Å². The summed E-state index contributed by atoms with van der Waals surface area (Å²) in [5.74, 6) is 1.37. The quantitative estimate of drug-likeness (QED) is 0.832. The highest BCUT2D eigenvalue weighted by molar-refractivity contribution is 8.00. The summed E-state index contributed by atoms with van der Waals surface area (Å²) in [6.45, 7) is 1.76. The number of aryl methyl sites for hydroxylation is 1. The Bertz CT molecular complexity index is 698. The third-order valence-electron chi connectivity index (χ3n) is 3.99. The number of nitrogens with one attached hydrogen (secondary N) is 1. The fraction of sp³-hybridized carbons (Fsp3) is 0.438. The van der Waals surface area contributed by atoms with Crippen LogP contribution in [0.15, 0.2) is 33.7 Å². The average Bonchev–Trinajstić information content (AvgIpc) is 3.16. The van der Waals surface area contributed by atoms with Crippen LogP contribution < -0.4 is 5.32 Å². The number of hydrogen-bond acceptors (Lipinski definition) is 5. The molecule has 0 unspecified atom stereocenters. The van der Waals surface area contributed by atoms with Crippen molar-refractivity contribution in [2.45, 2.75) is 43.0 Å². The van der Waals surface area contributed by atoms with Crippen molar-refractivity contribution >= 4 is 29.3 Å². The van der Waals surface area contributed by atoms with E-state index in [0.29, 0.717) is 22.5 Å². The molecule has 0 spiro atoms. The number of benzene rings is 1. The summed E-state index contributed by atoms with van der Waals surface area (Å²) in [5, 5.41) is 7.81. The highest BCUT2D eigenvalue weighted by atomic mass is 35.5. The number of aromatic nitrogens is 2. The van der Waals surface area contributed by atoms with E-state index in [9.17, 15) is 4.79 Å². The second kappa shape index (κ2) is 6.93. The van der Waals surface area contributed by atoms with Gasteiger partial charge in [-0.15, -0.1) is 11.8 Å². The summed E-state index contributed by atoms with van der Waals surface area (Å²) in [6.07, 6.45) is 3.78. The van der Waals surface area contributed by atoms with Crippen LogP contribution in [0.5, 0.6) is 0 Å². The maximum absolute atomic E-state index is 12.4. The minimum absolute atomic E-state index is 0.0423. The van der Waals surface area contributed by atoms with Gasteiger partial charge < -0.3 is 9.84 Å². The summed E-state index contributed by atoms with van der Waals surface area (Å²) < 4.78 is 5.09. The number of hydrogen-bond donors (Lipinski definition) is 1. The zero-order valence-corrected chi connectivity index (χ0v) is 14.4. The van der Waals surface area contributed by atoms with Crippen LogP contribution in [-0.2, 0) is 10.3 Å². The third kappa shape index (κ3) is 3.70. The fourth-order valence-electron chi connectivity index (χ4n) is 2.88. The van der Waals surface area contributed by atoms with Crippen LogP contribution >= 0.6 is 23.4 Å². The van der Waals surface area contributed by atoms with E-state index in [1.165, 1.54) is 11.8 Å².